The van der Waals surface area contributed by atoms with Gasteiger partial charge in [-0.3, -0.25) is 4.98 Å². The molecule has 1 N–H and O–H groups in total. The lowest BCUT2D eigenvalue weighted by Gasteiger charge is -2.07. The Kier molecular flexibility index (Phi) is 3.12. The highest BCUT2D eigenvalue weighted by molar-refractivity contribution is 5.83. The Morgan fingerprint density at radius 3 is 2.53 bits per heavy atom. The molecule has 0 unspecified atom stereocenters. The van der Waals surface area contributed by atoms with Crippen molar-refractivity contribution in [2.24, 2.45) is 0 Å². The molecule has 19 heavy (non-hydrogen) atoms. The first-order valence-corrected chi connectivity index (χ1v) is 6.07. The third kappa shape index (κ3) is 2.56. The smallest absolute Gasteiger partial charge is 0.130 e. The predicted octanol–water partition coefficient (Wildman–Crippen LogP) is 3.52. The molecule has 0 aliphatic carbocycles. The van der Waals surface area contributed by atoms with Gasteiger partial charge in [-0.1, -0.05) is 30.3 Å². The van der Waals surface area contributed by atoms with Crippen molar-refractivity contribution >= 4 is 10.8 Å². The number of aliphatic hydroxyl groups is 1. The van der Waals surface area contributed by atoms with Gasteiger partial charge in [0.2, 0.25) is 0 Å². The standard InChI is InChI=1S/C16H13NO2/c18-11-14-10-16(7-8-17-14)19-15-6-5-12-3-1-2-4-13(12)9-15/h1-10,18H,11H2. The Morgan fingerprint density at radius 2 is 1.68 bits per heavy atom. The molecular weight excluding hydrogens is 238 g/mol. The van der Waals surface area contributed by atoms with Crippen molar-refractivity contribution in [1.29, 1.82) is 0 Å². The first-order valence-electron chi connectivity index (χ1n) is 6.07. The topological polar surface area (TPSA) is 42.4 Å². The molecule has 0 aliphatic heterocycles. The van der Waals surface area contributed by atoms with Crippen molar-refractivity contribution in [3.63, 3.8) is 0 Å². The van der Waals surface area contributed by atoms with E-state index in [1.807, 2.05) is 36.4 Å². The van der Waals surface area contributed by atoms with Gasteiger partial charge < -0.3 is 9.84 Å². The highest BCUT2D eigenvalue weighted by Gasteiger charge is 2.01. The zero-order chi connectivity index (χ0) is 13.1. The number of rotatable bonds is 3. The van der Waals surface area contributed by atoms with E-state index in [4.69, 9.17) is 9.84 Å². The molecule has 0 aliphatic rings. The minimum atomic E-state index is -0.0884. The highest BCUT2D eigenvalue weighted by atomic mass is 16.5. The van der Waals surface area contributed by atoms with E-state index in [2.05, 4.69) is 11.1 Å². The average molecular weight is 251 g/mol. The second-order valence-corrected chi connectivity index (χ2v) is 4.25. The minimum Gasteiger partial charge on any atom is -0.457 e. The maximum atomic E-state index is 9.05. The summed E-state index contributed by atoms with van der Waals surface area (Å²) in [4.78, 5) is 4.02. The Labute approximate surface area is 111 Å². The van der Waals surface area contributed by atoms with E-state index < -0.39 is 0 Å². The number of nitrogens with zero attached hydrogens (tertiary/aromatic N) is 1. The molecule has 0 saturated heterocycles. The first-order chi connectivity index (χ1) is 9.35. The number of hydrogen-bond acceptors (Lipinski definition) is 3. The molecule has 2 aromatic carbocycles. The van der Waals surface area contributed by atoms with Crippen LogP contribution in [-0.2, 0) is 6.61 Å². The quantitative estimate of drug-likeness (QED) is 0.774. The summed E-state index contributed by atoms with van der Waals surface area (Å²) >= 11 is 0. The van der Waals surface area contributed by atoms with Crippen LogP contribution < -0.4 is 4.74 Å². The molecule has 0 atom stereocenters. The lowest BCUT2D eigenvalue weighted by Crippen LogP contribution is -1.90. The van der Waals surface area contributed by atoms with Crippen LogP contribution in [0.15, 0.2) is 60.8 Å². The lowest BCUT2D eigenvalue weighted by molar-refractivity contribution is 0.276. The van der Waals surface area contributed by atoms with Crippen LogP contribution in [-0.4, -0.2) is 10.1 Å². The zero-order valence-electron chi connectivity index (χ0n) is 10.3. The van der Waals surface area contributed by atoms with E-state index in [1.165, 1.54) is 5.39 Å². The number of pyridine rings is 1. The summed E-state index contributed by atoms with van der Waals surface area (Å²) in [6.07, 6.45) is 1.63. The molecule has 1 aromatic heterocycles. The van der Waals surface area contributed by atoms with Crippen LogP contribution in [0, 0.1) is 0 Å². The number of aliphatic hydroxyl groups excluding tert-OH is 1. The number of ether oxygens (including phenoxy) is 1. The van der Waals surface area contributed by atoms with E-state index >= 15 is 0 Å². The van der Waals surface area contributed by atoms with Gasteiger partial charge in [0, 0.05) is 12.3 Å². The van der Waals surface area contributed by atoms with E-state index in [0.717, 1.165) is 11.1 Å². The molecule has 0 fully saturated rings. The summed E-state index contributed by atoms with van der Waals surface area (Å²) in [5.41, 5.74) is 0.596. The minimum absolute atomic E-state index is 0.0884. The molecule has 3 nitrogen and oxygen atoms in total. The summed E-state index contributed by atoms with van der Waals surface area (Å²) < 4.78 is 5.78. The van der Waals surface area contributed by atoms with Gasteiger partial charge in [-0.05, 0) is 29.0 Å². The number of fused-ring (bicyclic) bond motifs is 1. The van der Waals surface area contributed by atoms with Crippen LogP contribution in [0.25, 0.3) is 10.8 Å². The fourth-order valence-corrected chi connectivity index (χ4v) is 1.97. The van der Waals surface area contributed by atoms with Crippen LogP contribution >= 0.6 is 0 Å². The van der Waals surface area contributed by atoms with Gasteiger partial charge >= 0.3 is 0 Å². The van der Waals surface area contributed by atoms with Crippen LogP contribution in [0.5, 0.6) is 11.5 Å². The highest BCUT2D eigenvalue weighted by Crippen LogP contribution is 2.25. The van der Waals surface area contributed by atoms with E-state index in [1.54, 1.807) is 18.3 Å². The third-order valence-electron chi connectivity index (χ3n) is 2.91. The first kappa shape index (κ1) is 11.7. The monoisotopic (exact) mass is 251 g/mol. The summed E-state index contributed by atoms with van der Waals surface area (Å²) in [7, 11) is 0. The Morgan fingerprint density at radius 1 is 0.895 bits per heavy atom. The third-order valence-corrected chi connectivity index (χ3v) is 2.91. The number of hydrogen-bond donors (Lipinski definition) is 1. The predicted molar refractivity (Wildman–Crippen MR) is 74.2 cm³/mol. The SMILES string of the molecule is OCc1cc(Oc2ccc3ccccc3c2)ccn1. The van der Waals surface area contributed by atoms with Gasteiger partial charge in [0.05, 0.1) is 12.3 Å². The molecule has 0 amide bonds. The van der Waals surface area contributed by atoms with Gasteiger partial charge in [-0.15, -0.1) is 0 Å². The normalized spacial score (nSPS) is 10.6. The number of benzene rings is 2. The Bertz CT molecular complexity index is 710. The van der Waals surface area contributed by atoms with Crippen molar-refractivity contribution < 1.29 is 9.84 Å². The zero-order valence-corrected chi connectivity index (χ0v) is 10.3. The molecular formula is C16H13NO2. The van der Waals surface area contributed by atoms with Gasteiger partial charge in [0.1, 0.15) is 11.5 Å². The second-order valence-electron chi connectivity index (χ2n) is 4.25. The van der Waals surface area contributed by atoms with Crippen LogP contribution in [0.2, 0.25) is 0 Å². The largest absolute Gasteiger partial charge is 0.457 e. The molecule has 0 radical (unpaired) electrons. The summed E-state index contributed by atoms with van der Waals surface area (Å²) in [5.74, 6) is 1.45. The molecule has 94 valence electrons. The fraction of sp³-hybridized carbons (Fsp3) is 0.0625. The average Bonchev–Trinajstić information content (AvgIpc) is 2.47. The second kappa shape index (κ2) is 5.08. The van der Waals surface area contributed by atoms with Crippen molar-refractivity contribution in [3.8, 4) is 11.5 Å². The summed E-state index contributed by atoms with van der Waals surface area (Å²) in [5, 5.41) is 11.4. The van der Waals surface area contributed by atoms with E-state index in [9.17, 15) is 0 Å². The van der Waals surface area contributed by atoms with Crippen molar-refractivity contribution in [3.05, 3.63) is 66.5 Å². The maximum Gasteiger partial charge on any atom is 0.130 e. The Hall–Kier alpha value is -2.39. The van der Waals surface area contributed by atoms with Crippen molar-refractivity contribution in [2.45, 2.75) is 6.61 Å². The maximum absolute atomic E-state index is 9.05. The van der Waals surface area contributed by atoms with Crippen LogP contribution in [0.4, 0.5) is 0 Å². The van der Waals surface area contributed by atoms with Crippen molar-refractivity contribution in [1.82, 2.24) is 4.98 Å². The van der Waals surface area contributed by atoms with Gasteiger partial charge in [0.25, 0.3) is 0 Å². The lowest BCUT2D eigenvalue weighted by atomic mass is 10.1. The molecule has 3 heteroatoms. The summed E-state index contributed by atoms with van der Waals surface area (Å²) in [6.45, 7) is -0.0884. The molecule has 3 aromatic rings. The van der Waals surface area contributed by atoms with E-state index in [0.29, 0.717) is 11.4 Å². The fourth-order valence-electron chi connectivity index (χ4n) is 1.97. The molecule has 3 rings (SSSR count). The van der Waals surface area contributed by atoms with Gasteiger partial charge in [-0.25, -0.2) is 0 Å². The van der Waals surface area contributed by atoms with Crippen LogP contribution in [0.3, 0.4) is 0 Å². The summed E-state index contributed by atoms with van der Waals surface area (Å²) in [6, 6.07) is 17.6. The van der Waals surface area contributed by atoms with Crippen LogP contribution in [0.1, 0.15) is 5.69 Å². The molecule has 0 saturated carbocycles. The van der Waals surface area contributed by atoms with Gasteiger partial charge in [0.15, 0.2) is 0 Å². The number of aromatic nitrogens is 1. The van der Waals surface area contributed by atoms with Crippen molar-refractivity contribution in [2.75, 3.05) is 0 Å². The van der Waals surface area contributed by atoms with Gasteiger partial charge in [-0.2, -0.15) is 0 Å². The van der Waals surface area contributed by atoms with E-state index in [-0.39, 0.29) is 6.61 Å². The molecule has 1 heterocycles. The Balaban J connectivity index is 1.92. The molecule has 0 spiro atoms. The molecule has 0 bridgehead atoms.